The molecule has 0 aliphatic rings. The fourth-order valence-corrected chi connectivity index (χ4v) is 2.79. The Hall–Kier alpha value is -1.03. The van der Waals surface area contributed by atoms with E-state index in [2.05, 4.69) is 28.9 Å². The third-order valence-corrected chi connectivity index (χ3v) is 3.91. The minimum atomic E-state index is -0.227. The number of hydrogen-bond donors (Lipinski definition) is 1. The molecule has 20 heavy (non-hydrogen) atoms. The smallest absolute Gasteiger partial charge is 0.139 e. The van der Waals surface area contributed by atoms with E-state index < -0.39 is 0 Å². The number of aryl methyl sites for hydroxylation is 1. The predicted molar refractivity (Wildman–Crippen MR) is 87.3 cm³/mol. The van der Waals surface area contributed by atoms with E-state index >= 15 is 0 Å². The highest BCUT2D eigenvalue weighted by molar-refractivity contribution is 9.10. The highest BCUT2D eigenvalue weighted by Gasteiger charge is 2.21. The van der Waals surface area contributed by atoms with Gasteiger partial charge >= 0.3 is 0 Å². The molecule has 0 aromatic heterocycles. The Labute approximate surface area is 133 Å². The highest BCUT2D eigenvalue weighted by Crippen LogP contribution is 2.33. The Balaban J connectivity index is 2.33. The number of benzene rings is 2. The average molecular weight is 355 g/mol. The van der Waals surface area contributed by atoms with E-state index in [4.69, 9.17) is 22.1 Å². The number of ether oxygens (including phenoxy) is 1. The van der Waals surface area contributed by atoms with Gasteiger partial charge in [0.2, 0.25) is 0 Å². The average Bonchev–Trinajstić information content (AvgIpc) is 2.39. The van der Waals surface area contributed by atoms with Gasteiger partial charge < -0.3 is 10.5 Å². The molecule has 0 bridgehead atoms. The Kier molecular flexibility index (Phi) is 5.08. The molecule has 0 fully saturated rings. The summed E-state index contributed by atoms with van der Waals surface area (Å²) in [7, 11) is 0. The first-order chi connectivity index (χ1) is 9.49. The first-order valence-electron chi connectivity index (χ1n) is 6.42. The molecule has 2 aromatic rings. The summed E-state index contributed by atoms with van der Waals surface area (Å²) in [6.07, 6.45) is -0.227. The van der Waals surface area contributed by atoms with Crippen molar-refractivity contribution in [2.75, 3.05) is 0 Å². The van der Waals surface area contributed by atoms with Crippen molar-refractivity contribution >= 4 is 27.5 Å². The van der Waals surface area contributed by atoms with Crippen molar-refractivity contribution in [3.8, 4) is 5.75 Å². The molecule has 2 N–H and O–H groups in total. The zero-order chi connectivity index (χ0) is 14.7. The molecule has 0 heterocycles. The molecule has 106 valence electrons. The van der Waals surface area contributed by atoms with Crippen molar-refractivity contribution in [3.63, 3.8) is 0 Å². The van der Waals surface area contributed by atoms with Gasteiger partial charge in [-0.2, -0.15) is 0 Å². The van der Waals surface area contributed by atoms with Gasteiger partial charge in [0.25, 0.3) is 0 Å². The first kappa shape index (κ1) is 15.4. The number of rotatable bonds is 4. The molecular weight excluding hydrogens is 338 g/mol. The molecule has 0 saturated heterocycles. The fourth-order valence-electron chi connectivity index (χ4n) is 2.07. The van der Waals surface area contributed by atoms with Crippen molar-refractivity contribution in [3.05, 3.63) is 63.1 Å². The van der Waals surface area contributed by atoms with Crippen LogP contribution in [0.5, 0.6) is 5.75 Å². The van der Waals surface area contributed by atoms with Gasteiger partial charge in [0.15, 0.2) is 0 Å². The molecule has 0 amide bonds. The second-order valence-electron chi connectivity index (χ2n) is 4.83. The standard InChI is InChI=1S/C16H17BrClNO/c1-10-5-3-4-6-13(10)16(11(2)19)20-15-8-7-12(17)9-14(15)18/h3-9,11,16H,19H2,1-2H3. The molecule has 0 aliphatic carbocycles. The minimum Gasteiger partial charge on any atom is -0.483 e. The second-order valence-corrected chi connectivity index (χ2v) is 6.15. The maximum Gasteiger partial charge on any atom is 0.139 e. The zero-order valence-corrected chi connectivity index (χ0v) is 13.8. The van der Waals surface area contributed by atoms with Gasteiger partial charge in [-0.25, -0.2) is 0 Å². The Morgan fingerprint density at radius 1 is 1.20 bits per heavy atom. The molecule has 0 aliphatic heterocycles. The SMILES string of the molecule is Cc1ccccc1C(Oc1ccc(Br)cc1Cl)C(C)N. The van der Waals surface area contributed by atoms with Gasteiger partial charge in [-0.15, -0.1) is 0 Å². The van der Waals surface area contributed by atoms with Gasteiger partial charge in [0, 0.05) is 10.5 Å². The molecule has 0 radical (unpaired) electrons. The summed E-state index contributed by atoms with van der Waals surface area (Å²) in [6, 6.07) is 13.5. The van der Waals surface area contributed by atoms with E-state index in [0.29, 0.717) is 10.8 Å². The highest BCUT2D eigenvalue weighted by atomic mass is 79.9. The third kappa shape index (κ3) is 3.54. The van der Waals surface area contributed by atoms with Gasteiger partial charge in [-0.1, -0.05) is 51.8 Å². The van der Waals surface area contributed by atoms with Crippen molar-refractivity contribution in [2.24, 2.45) is 5.73 Å². The quantitative estimate of drug-likeness (QED) is 0.849. The lowest BCUT2D eigenvalue weighted by atomic mass is 9.99. The molecular formula is C16H17BrClNO. The Morgan fingerprint density at radius 2 is 1.90 bits per heavy atom. The van der Waals surface area contributed by atoms with Crippen LogP contribution in [-0.4, -0.2) is 6.04 Å². The number of halogens is 2. The Morgan fingerprint density at radius 3 is 2.50 bits per heavy atom. The van der Waals surface area contributed by atoms with E-state index in [0.717, 1.165) is 15.6 Å². The summed E-state index contributed by atoms with van der Waals surface area (Å²) in [5.41, 5.74) is 8.33. The van der Waals surface area contributed by atoms with E-state index in [1.807, 2.05) is 43.3 Å². The minimum absolute atomic E-state index is 0.143. The number of nitrogens with two attached hydrogens (primary N) is 1. The van der Waals surface area contributed by atoms with Gasteiger partial charge in [-0.3, -0.25) is 0 Å². The summed E-state index contributed by atoms with van der Waals surface area (Å²) >= 11 is 9.59. The Bertz CT molecular complexity index is 601. The van der Waals surface area contributed by atoms with Crippen LogP contribution >= 0.6 is 27.5 Å². The third-order valence-electron chi connectivity index (χ3n) is 3.12. The van der Waals surface area contributed by atoms with Gasteiger partial charge in [0.05, 0.1) is 5.02 Å². The van der Waals surface area contributed by atoms with Crippen LogP contribution in [0.3, 0.4) is 0 Å². The lowest BCUT2D eigenvalue weighted by Gasteiger charge is -2.25. The lowest BCUT2D eigenvalue weighted by molar-refractivity contribution is 0.180. The summed E-state index contributed by atoms with van der Waals surface area (Å²) in [4.78, 5) is 0. The number of hydrogen-bond acceptors (Lipinski definition) is 2. The van der Waals surface area contributed by atoms with Crippen LogP contribution in [0.15, 0.2) is 46.9 Å². The molecule has 4 heteroatoms. The van der Waals surface area contributed by atoms with Crippen LogP contribution in [-0.2, 0) is 0 Å². The van der Waals surface area contributed by atoms with E-state index in [9.17, 15) is 0 Å². The van der Waals surface area contributed by atoms with Crippen LogP contribution in [0, 0.1) is 6.92 Å². The summed E-state index contributed by atoms with van der Waals surface area (Å²) in [6.45, 7) is 3.99. The summed E-state index contributed by atoms with van der Waals surface area (Å²) in [5, 5.41) is 0.568. The molecule has 0 spiro atoms. The summed E-state index contributed by atoms with van der Waals surface area (Å²) in [5.74, 6) is 0.639. The first-order valence-corrected chi connectivity index (χ1v) is 7.59. The van der Waals surface area contributed by atoms with Crippen LogP contribution in [0.4, 0.5) is 0 Å². The zero-order valence-electron chi connectivity index (χ0n) is 11.4. The van der Waals surface area contributed by atoms with Crippen molar-refractivity contribution in [2.45, 2.75) is 26.0 Å². The fraction of sp³-hybridized carbons (Fsp3) is 0.250. The van der Waals surface area contributed by atoms with E-state index in [1.54, 1.807) is 0 Å². The van der Waals surface area contributed by atoms with Crippen molar-refractivity contribution in [1.82, 2.24) is 0 Å². The van der Waals surface area contributed by atoms with Crippen LogP contribution < -0.4 is 10.5 Å². The van der Waals surface area contributed by atoms with Crippen LogP contribution in [0.1, 0.15) is 24.2 Å². The monoisotopic (exact) mass is 353 g/mol. The largest absolute Gasteiger partial charge is 0.483 e. The second kappa shape index (κ2) is 6.61. The van der Waals surface area contributed by atoms with Crippen molar-refractivity contribution in [1.29, 1.82) is 0 Å². The molecule has 0 saturated carbocycles. The van der Waals surface area contributed by atoms with Gasteiger partial charge in [-0.05, 0) is 43.2 Å². The molecule has 2 atom stereocenters. The lowest BCUT2D eigenvalue weighted by Crippen LogP contribution is -2.29. The molecule has 2 unspecified atom stereocenters. The van der Waals surface area contributed by atoms with Crippen molar-refractivity contribution < 1.29 is 4.74 Å². The van der Waals surface area contributed by atoms with Gasteiger partial charge in [0.1, 0.15) is 11.9 Å². The topological polar surface area (TPSA) is 35.2 Å². The predicted octanol–water partition coefficient (Wildman–Crippen LogP) is 4.88. The maximum absolute atomic E-state index is 6.21. The van der Waals surface area contributed by atoms with E-state index in [1.165, 1.54) is 0 Å². The maximum atomic E-state index is 6.21. The van der Waals surface area contributed by atoms with E-state index in [-0.39, 0.29) is 12.1 Å². The van der Waals surface area contributed by atoms with Crippen LogP contribution in [0.2, 0.25) is 5.02 Å². The molecule has 2 aromatic carbocycles. The normalized spacial score (nSPS) is 13.8. The summed E-state index contributed by atoms with van der Waals surface area (Å²) < 4.78 is 6.97. The molecule has 2 rings (SSSR count). The van der Waals surface area contributed by atoms with Crippen LogP contribution in [0.25, 0.3) is 0 Å². The molecule has 2 nitrogen and oxygen atoms in total.